The molecule has 2 N–H and O–H groups in total. The van der Waals surface area contributed by atoms with Crippen molar-refractivity contribution in [3.05, 3.63) is 12.3 Å². The summed E-state index contributed by atoms with van der Waals surface area (Å²) in [5, 5.41) is 12.1. The number of aliphatic hydroxyl groups excluding tert-OH is 1. The van der Waals surface area contributed by atoms with Crippen LogP contribution in [0.4, 0.5) is 5.95 Å². The van der Waals surface area contributed by atoms with E-state index >= 15 is 0 Å². The molecule has 1 aromatic heterocycles. The van der Waals surface area contributed by atoms with Gasteiger partial charge in [0.05, 0.1) is 19.3 Å². The third-order valence-corrected chi connectivity index (χ3v) is 2.26. The first-order valence-corrected chi connectivity index (χ1v) is 6.12. The molecule has 1 heterocycles. The molecule has 0 aliphatic rings. The molecule has 0 bridgehead atoms. The summed E-state index contributed by atoms with van der Waals surface area (Å²) in [4.78, 5) is 8.35. The molecule has 0 saturated heterocycles. The highest BCUT2D eigenvalue weighted by atomic mass is 16.5. The third-order valence-electron chi connectivity index (χ3n) is 2.26. The van der Waals surface area contributed by atoms with Crippen molar-refractivity contribution in [2.45, 2.75) is 25.8 Å². The average Bonchev–Trinajstić information content (AvgIpc) is 2.37. The molecule has 0 amide bonds. The van der Waals surface area contributed by atoms with Gasteiger partial charge in [0.15, 0.2) is 0 Å². The number of anilines is 1. The fourth-order valence-electron chi connectivity index (χ4n) is 1.44. The molecule has 0 radical (unpaired) electrons. The number of rotatable bonds is 9. The molecule has 6 nitrogen and oxygen atoms in total. The highest BCUT2D eigenvalue weighted by molar-refractivity contribution is 5.28. The van der Waals surface area contributed by atoms with Gasteiger partial charge >= 0.3 is 0 Å². The lowest BCUT2D eigenvalue weighted by atomic mass is 10.2. The number of hydrogen-bond acceptors (Lipinski definition) is 6. The van der Waals surface area contributed by atoms with E-state index in [-0.39, 0.29) is 12.6 Å². The summed E-state index contributed by atoms with van der Waals surface area (Å²) in [5.41, 5.74) is 0. The normalized spacial score (nSPS) is 12.2. The number of nitrogens with zero attached hydrogens (tertiary/aromatic N) is 2. The van der Waals surface area contributed by atoms with Crippen LogP contribution in [0.3, 0.4) is 0 Å². The van der Waals surface area contributed by atoms with Gasteiger partial charge in [-0.1, -0.05) is 6.92 Å². The van der Waals surface area contributed by atoms with E-state index in [2.05, 4.69) is 15.3 Å². The lowest BCUT2D eigenvalue weighted by Crippen LogP contribution is -2.27. The quantitative estimate of drug-likeness (QED) is 0.687. The Morgan fingerprint density at radius 1 is 1.50 bits per heavy atom. The number of aromatic nitrogens is 2. The summed E-state index contributed by atoms with van der Waals surface area (Å²) in [6, 6.07) is 1.71. The average molecular weight is 255 g/mol. The van der Waals surface area contributed by atoms with Gasteiger partial charge in [-0.2, -0.15) is 4.98 Å². The van der Waals surface area contributed by atoms with Gasteiger partial charge in [0.1, 0.15) is 0 Å². The minimum atomic E-state index is -0.0126. The molecule has 1 atom stereocenters. The Bertz CT molecular complexity index is 330. The van der Waals surface area contributed by atoms with Crippen LogP contribution in [-0.4, -0.2) is 48.0 Å². The van der Waals surface area contributed by atoms with E-state index in [9.17, 15) is 0 Å². The summed E-state index contributed by atoms with van der Waals surface area (Å²) in [6.07, 6.45) is 3.16. The first-order valence-electron chi connectivity index (χ1n) is 6.12. The SMILES string of the molecule is CCCOc1ccnc(NC(CCO)COC)n1. The second-order valence-corrected chi connectivity index (χ2v) is 3.88. The smallest absolute Gasteiger partial charge is 0.226 e. The molecule has 102 valence electrons. The fourth-order valence-corrected chi connectivity index (χ4v) is 1.44. The Morgan fingerprint density at radius 3 is 3.00 bits per heavy atom. The van der Waals surface area contributed by atoms with Crippen molar-refractivity contribution in [2.24, 2.45) is 0 Å². The summed E-state index contributed by atoms with van der Waals surface area (Å²) in [7, 11) is 1.62. The van der Waals surface area contributed by atoms with Gasteiger partial charge in [-0.05, 0) is 12.8 Å². The van der Waals surface area contributed by atoms with Crippen molar-refractivity contribution >= 4 is 5.95 Å². The van der Waals surface area contributed by atoms with Crippen LogP contribution >= 0.6 is 0 Å². The summed E-state index contributed by atoms with van der Waals surface area (Å²) in [6.45, 7) is 3.25. The van der Waals surface area contributed by atoms with Crippen LogP contribution < -0.4 is 10.1 Å². The van der Waals surface area contributed by atoms with Gasteiger partial charge < -0.3 is 19.9 Å². The lowest BCUT2D eigenvalue weighted by molar-refractivity contribution is 0.170. The maximum atomic E-state index is 8.95. The number of hydrogen-bond donors (Lipinski definition) is 2. The molecule has 1 unspecified atom stereocenters. The Labute approximate surface area is 107 Å². The molecule has 1 aromatic rings. The third kappa shape index (κ3) is 5.29. The van der Waals surface area contributed by atoms with Gasteiger partial charge in [0.2, 0.25) is 11.8 Å². The van der Waals surface area contributed by atoms with Crippen molar-refractivity contribution in [1.29, 1.82) is 0 Å². The van der Waals surface area contributed by atoms with Crippen LogP contribution in [0.25, 0.3) is 0 Å². The summed E-state index contributed by atoms with van der Waals surface area (Å²) >= 11 is 0. The van der Waals surface area contributed by atoms with Crippen LogP contribution in [0.5, 0.6) is 5.88 Å². The van der Waals surface area contributed by atoms with E-state index in [4.69, 9.17) is 14.6 Å². The van der Waals surface area contributed by atoms with Crippen molar-refractivity contribution < 1.29 is 14.6 Å². The van der Waals surface area contributed by atoms with Crippen molar-refractivity contribution in [1.82, 2.24) is 9.97 Å². The number of methoxy groups -OCH3 is 1. The Balaban J connectivity index is 2.58. The minimum Gasteiger partial charge on any atom is -0.478 e. The molecule has 0 saturated carbocycles. The summed E-state index contributed by atoms with van der Waals surface area (Å²) < 4.78 is 10.5. The van der Waals surface area contributed by atoms with E-state index in [1.165, 1.54) is 0 Å². The second kappa shape index (κ2) is 8.66. The largest absolute Gasteiger partial charge is 0.478 e. The van der Waals surface area contributed by atoms with Gasteiger partial charge in [-0.15, -0.1) is 0 Å². The zero-order chi connectivity index (χ0) is 13.2. The van der Waals surface area contributed by atoms with Gasteiger partial charge in [-0.25, -0.2) is 4.98 Å². The van der Waals surface area contributed by atoms with E-state index in [0.29, 0.717) is 31.5 Å². The molecule has 0 aliphatic heterocycles. The lowest BCUT2D eigenvalue weighted by Gasteiger charge is -2.16. The first kappa shape index (κ1) is 14.7. The maximum absolute atomic E-state index is 8.95. The van der Waals surface area contributed by atoms with E-state index in [1.54, 1.807) is 19.4 Å². The Kier molecular flexibility index (Phi) is 7.05. The minimum absolute atomic E-state index is 0.0126. The van der Waals surface area contributed by atoms with E-state index in [1.807, 2.05) is 6.92 Å². The first-order chi connectivity index (χ1) is 8.80. The molecule has 0 aliphatic carbocycles. The highest BCUT2D eigenvalue weighted by Gasteiger charge is 2.09. The number of ether oxygens (including phenoxy) is 2. The zero-order valence-corrected chi connectivity index (χ0v) is 10.9. The van der Waals surface area contributed by atoms with Crippen LogP contribution in [0.15, 0.2) is 12.3 Å². The van der Waals surface area contributed by atoms with Crippen LogP contribution in [0.2, 0.25) is 0 Å². The predicted molar refractivity (Wildman–Crippen MR) is 68.8 cm³/mol. The monoisotopic (exact) mass is 255 g/mol. The van der Waals surface area contributed by atoms with Crippen LogP contribution in [0.1, 0.15) is 19.8 Å². The Morgan fingerprint density at radius 2 is 2.33 bits per heavy atom. The molecule has 0 fully saturated rings. The van der Waals surface area contributed by atoms with Gasteiger partial charge in [0.25, 0.3) is 0 Å². The standard InChI is InChI=1S/C12H21N3O3/c1-3-8-18-11-4-6-13-12(15-11)14-10(5-7-16)9-17-2/h4,6,10,16H,3,5,7-9H2,1-2H3,(H,13,14,15). The zero-order valence-electron chi connectivity index (χ0n) is 10.9. The highest BCUT2D eigenvalue weighted by Crippen LogP contribution is 2.10. The van der Waals surface area contributed by atoms with E-state index < -0.39 is 0 Å². The predicted octanol–water partition coefficient (Wildman–Crippen LogP) is 1.07. The molecule has 1 rings (SSSR count). The van der Waals surface area contributed by atoms with Gasteiger partial charge in [0, 0.05) is 26.0 Å². The van der Waals surface area contributed by atoms with Gasteiger partial charge in [-0.3, -0.25) is 0 Å². The van der Waals surface area contributed by atoms with Crippen molar-refractivity contribution in [2.75, 3.05) is 32.2 Å². The summed E-state index contributed by atoms with van der Waals surface area (Å²) in [5.74, 6) is 1.04. The molecule has 0 aromatic carbocycles. The molecule has 0 spiro atoms. The fraction of sp³-hybridized carbons (Fsp3) is 0.667. The topological polar surface area (TPSA) is 76.5 Å². The van der Waals surface area contributed by atoms with Crippen LogP contribution in [0, 0.1) is 0 Å². The second-order valence-electron chi connectivity index (χ2n) is 3.88. The molecular weight excluding hydrogens is 234 g/mol. The van der Waals surface area contributed by atoms with Crippen molar-refractivity contribution in [3.63, 3.8) is 0 Å². The Hall–Kier alpha value is -1.40. The molecular formula is C12H21N3O3. The molecule has 6 heteroatoms. The maximum Gasteiger partial charge on any atom is 0.226 e. The van der Waals surface area contributed by atoms with Crippen molar-refractivity contribution in [3.8, 4) is 5.88 Å². The number of nitrogens with one attached hydrogen (secondary N) is 1. The number of aliphatic hydroxyl groups is 1. The van der Waals surface area contributed by atoms with E-state index in [0.717, 1.165) is 6.42 Å². The molecule has 18 heavy (non-hydrogen) atoms. The van der Waals surface area contributed by atoms with Crippen LogP contribution in [-0.2, 0) is 4.74 Å².